The molecule has 6 nitrogen and oxygen atoms in total. The molecule has 3 rings (SSSR count). The fourth-order valence-electron chi connectivity index (χ4n) is 2.61. The molecule has 0 aliphatic rings. The monoisotopic (exact) mass is 422 g/mol. The maximum atomic E-state index is 12.2. The van der Waals surface area contributed by atoms with Gasteiger partial charge in [-0.1, -0.05) is 23.2 Å². The van der Waals surface area contributed by atoms with Gasteiger partial charge in [0.2, 0.25) is 0 Å². The molecule has 2 aromatic carbocycles. The summed E-state index contributed by atoms with van der Waals surface area (Å²) in [6.07, 6.45) is 0. The fourth-order valence-corrected chi connectivity index (χ4v) is 3.07. The molecule has 3 aromatic rings. The van der Waals surface area contributed by atoms with Crippen molar-refractivity contribution in [2.24, 2.45) is 0 Å². The Hall–Kier alpha value is -2.70. The molecule has 0 amide bonds. The summed E-state index contributed by atoms with van der Waals surface area (Å²) in [6.45, 7) is 3.27. The van der Waals surface area contributed by atoms with Gasteiger partial charge in [0, 0.05) is 10.4 Å². The summed E-state index contributed by atoms with van der Waals surface area (Å²) in [5, 5.41) is 1.25. The Balaban J connectivity index is 1.73. The molecule has 28 heavy (non-hydrogen) atoms. The molecular formula is C20H16Cl2O6. The van der Waals surface area contributed by atoms with Crippen molar-refractivity contribution in [3.8, 4) is 11.5 Å². The Morgan fingerprint density at radius 2 is 1.89 bits per heavy atom. The molecule has 0 atom stereocenters. The first-order valence-corrected chi connectivity index (χ1v) is 9.13. The van der Waals surface area contributed by atoms with E-state index in [1.807, 2.05) is 0 Å². The molecule has 1 heterocycles. The second kappa shape index (κ2) is 8.54. The number of esters is 2. The van der Waals surface area contributed by atoms with Crippen LogP contribution in [0.25, 0.3) is 11.0 Å². The smallest absolute Gasteiger partial charge is 0.349 e. The van der Waals surface area contributed by atoms with Gasteiger partial charge in [0.1, 0.15) is 28.4 Å². The van der Waals surface area contributed by atoms with Gasteiger partial charge < -0.3 is 18.6 Å². The van der Waals surface area contributed by atoms with E-state index < -0.39 is 11.9 Å². The normalized spacial score (nSPS) is 10.7. The minimum Gasteiger partial charge on any atom is -0.480 e. The van der Waals surface area contributed by atoms with Gasteiger partial charge >= 0.3 is 11.9 Å². The lowest BCUT2D eigenvalue weighted by Crippen LogP contribution is -2.17. The van der Waals surface area contributed by atoms with E-state index in [9.17, 15) is 9.59 Å². The van der Waals surface area contributed by atoms with Crippen molar-refractivity contribution in [3.05, 3.63) is 57.8 Å². The molecule has 0 spiro atoms. The first-order chi connectivity index (χ1) is 13.4. The van der Waals surface area contributed by atoms with Gasteiger partial charge in [0.15, 0.2) is 6.61 Å². The van der Waals surface area contributed by atoms with Crippen LogP contribution in [0, 0.1) is 6.92 Å². The number of halogens is 2. The van der Waals surface area contributed by atoms with E-state index in [4.69, 9.17) is 41.8 Å². The molecule has 0 fully saturated rings. The summed E-state index contributed by atoms with van der Waals surface area (Å²) in [4.78, 5) is 24.3. The fraction of sp³-hybridized carbons (Fsp3) is 0.200. The van der Waals surface area contributed by atoms with Crippen LogP contribution >= 0.6 is 23.2 Å². The summed E-state index contributed by atoms with van der Waals surface area (Å²) in [7, 11) is 0. The molecule has 0 N–H and O–H groups in total. The molecule has 0 radical (unpaired) electrons. The molecule has 8 heteroatoms. The minimum absolute atomic E-state index is 0.240. The molecule has 1 aromatic heterocycles. The first kappa shape index (κ1) is 20.0. The van der Waals surface area contributed by atoms with E-state index in [1.54, 1.807) is 44.2 Å². The molecule has 0 bridgehead atoms. The van der Waals surface area contributed by atoms with Crippen LogP contribution in [0.2, 0.25) is 10.0 Å². The number of hydrogen-bond donors (Lipinski definition) is 0. The molecule has 0 aliphatic heterocycles. The number of rotatable bonds is 6. The predicted octanol–water partition coefficient (Wildman–Crippen LogP) is 5.21. The number of fused-ring (bicyclic) bond motifs is 1. The number of furan rings is 1. The van der Waals surface area contributed by atoms with Crippen molar-refractivity contribution in [2.45, 2.75) is 13.8 Å². The highest BCUT2D eigenvalue weighted by atomic mass is 35.5. The van der Waals surface area contributed by atoms with Crippen LogP contribution in [0.3, 0.4) is 0 Å². The van der Waals surface area contributed by atoms with E-state index in [-0.39, 0.29) is 24.0 Å². The van der Waals surface area contributed by atoms with Gasteiger partial charge in [0.25, 0.3) is 0 Å². The van der Waals surface area contributed by atoms with Crippen LogP contribution in [-0.2, 0) is 9.53 Å². The lowest BCUT2D eigenvalue weighted by molar-refractivity contribution is -0.136. The topological polar surface area (TPSA) is 75.0 Å². The number of aryl methyl sites for hydroxylation is 1. The van der Waals surface area contributed by atoms with Crippen molar-refractivity contribution in [2.75, 3.05) is 13.2 Å². The van der Waals surface area contributed by atoms with Crippen LogP contribution in [0.4, 0.5) is 0 Å². The quantitative estimate of drug-likeness (QED) is 0.400. The van der Waals surface area contributed by atoms with Gasteiger partial charge in [-0.25, -0.2) is 9.59 Å². The number of hydrogen-bond acceptors (Lipinski definition) is 6. The largest absolute Gasteiger partial charge is 0.480 e. The van der Waals surface area contributed by atoms with Crippen LogP contribution in [0.15, 0.2) is 40.8 Å². The highest BCUT2D eigenvalue weighted by Gasteiger charge is 2.20. The number of carbonyl (C=O) groups excluding carboxylic acids is 2. The zero-order valence-corrected chi connectivity index (χ0v) is 16.6. The summed E-state index contributed by atoms with van der Waals surface area (Å²) in [5.74, 6) is -0.146. The predicted molar refractivity (Wildman–Crippen MR) is 104 cm³/mol. The van der Waals surface area contributed by atoms with Crippen LogP contribution in [0.5, 0.6) is 11.5 Å². The van der Waals surface area contributed by atoms with E-state index in [2.05, 4.69) is 0 Å². The Labute approximate surface area is 170 Å². The average Bonchev–Trinajstić information content (AvgIpc) is 2.96. The van der Waals surface area contributed by atoms with Gasteiger partial charge in [-0.05, 0) is 50.2 Å². The highest BCUT2D eigenvalue weighted by molar-refractivity contribution is 6.35. The molecule has 0 aliphatic carbocycles. The highest BCUT2D eigenvalue weighted by Crippen LogP contribution is 2.30. The second-order valence-electron chi connectivity index (χ2n) is 5.75. The molecule has 146 valence electrons. The van der Waals surface area contributed by atoms with Crippen molar-refractivity contribution in [1.29, 1.82) is 0 Å². The second-order valence-corrected chi connectivity index (χ2v) is 6.59. The zero-order valence-electron chi connectivity index (χ0n) is 15.1. The standard InChI is InChI=1S/C20H16Cl2O6/c1-3-25-20(24)19-11(2)27-16-7-5-13(9-14(16)19)28-18(23)10-26-17-6-4-12(21)8-15(17)22/h4-9H,3,10H2,1-2H3. The van der Waals surface area contributed by atoms with E-state index in [1.165, 1.54) is 6.07 Å². The third-order valence-corrected chi connectivity index (χ3v) is 4.32. The van der Waals surface area contributed by atoms with Gasteiger partial charge in [0.05, 0.1) is 11.6 Å². The lowest BCUT2D eigenvalue weighted by Gasteiger charge is -2.08. The summed E-state index contributed by atoms with van der Waals surface area (Å²) < 4.78 is 21.3. The summed E-state index contributed by atoms with van der Waals surface area (Å²) in [6, 6.07) is 9.39. The third kappa shape index (κ3) is 4.40. The van der Waals surface area contributed by atoms with Gasteiger partial charge in [-0.2, -0.15) is 0 Å². The molecule has 0 unspecified atom stereocenters. The summed E-state index contributed by atoms with van der Waals surface area (Å²) >= 11 is 11.8. The van der Waals surface area contributed by atoms with E-state index in [0.717, 1.165) is 0 Å². The van der Waals surface area contributed by atoms with Crippen LogP contribution in [0.1, 0.15) is 23.0 Å². The van der Waals surface area contributed by atoms with Crippen molar-refractivity contribution >= 4 is 46.1 Å². The maximum absolute atomic E-state index is 12.2. The molecule has 0 saturated heterocycles. The van der Waals surface area contributed by atoms with Crippen LogP contribution < -0.4 is 9.47 Å². The number of benzene rings is 2. The van der Waals surface area contributed by atoms with Crippen LogP contribution in [-0.4, -0.2) is 25.2 Å². The Kier molecular flexibility index (Phi) is 6.11. The Bertz CT molecular complexity index is 1040. The Morgan fingerprint density at radius 3 is 2.61 bits per heavy atom. The SMILES string of the molecule is CCOC(=O)c1c(C)oc2ccc(OC(=O)COc3ccc(Cl)cc3Cl)cc12. The molecular weight excluding hydrogens is 407 g/mol. The lowest BCUT2D eigenvalue weighted by atomic mass is 10.1. The minimum atomic E-state index is -0.636. The number of carbonyl (C=O) groups is 2. The number of ether oxygens (including phenoxy) is 3. The van der Waals surface area contributed by atoms with E-state index >= 15 is 0 Å². The van der Waals surface area contributed by atoms with Crippen molar-refractivity contribution < 1.29 is 28.2 Å². The van der Waals surface area contributed by atoms with Crippen molar-refractivity contribution in [1.82, 2.24) is 0 Å². The van der Waals surface area contributed by atoms with Gasteiger partial charge in [-0.3, -0.25) is 0 Å². The Morgan fingerprint density at radius 1 is 1.11 bits per heavy atom. The van der Waals surface area contributed by atoms with E-state index in [0.29, 0.717) is 33.1 Å². The zero-order chi connectivity index (χ0) is 20.3. The third-order valence-electron chi connectivity index (χ3n) is 3.79. The van der Waals surface area contributed by atoms with Gasteiger partial charge in [-0.15, -0.1) is 0 Å². The molecule has 0 saturated carbocycles. The first-order valence-electron chi connectivity index (χ1n) is 8.38. The van der Waals surface area contributed by atoms with Crippen molar-refractivity contribution in [3.63, 3.8) is 0 Å². The summed E-state index contributed by atoms with van der Waals surface area (Å²) in [5.41, 5.74) is 0.795. The maximum Gasteiger partial charge on any atom is 0.349 e. The average molecular weight is 423 g/mol.